The molecule has 0 aliphatic rings. The van der Waals surface area contributed by atoms with Gasteiger partial charge in [0.05, 0.1) is 12.8 Å². The second-order valence-corrected chi connectivity index (χ2v) is 6.91. The van der Waals surface area contributed by atoms with Crippen molar-refractivity contribution < 1.29 is 14.0 Å². The van der Waals surface area contributed by atoms with E-state index >= 15 is 0 Å². The van der Waals surface area contributed by atoms with E-state index in [1.54, 1.807) is 14.2 Å². The maximum Gasteiger partial charge on any atom is 0.191 e. The van der Waals surface area contributed by atoms with Crippen LogP contribution in [0.5, 0.6) is 17.2 Å². The molecule has 0 radical (unpaired) electrons. The lowest BCUT2D eigenvalue weighted by Gasteiger charge is -2.13. The highest BCUT2D eigenvalue weighted by atomic mass is 127. The molecule has 0 atom stereocenters. The zero-order valence-corrected chi connectivity index (χ0v) is 21.3. The van der Waals surface area contributed by atoms with Gasteiger partial charge in [0, 0.05) is 32.1 Å². The van der Waals surface area contributed by atoms with E-state index in [1.165, 1.54) is 0 Å². The Morgan fingerprint density at radius 1 is 0.969 bits per heavy atom. The molecule has 3 aromatic rings. The lowest BCUT2D eigenvalue weighted by Crippen LogP contribution is -2.36. The van der Waals surface area contributed by atoms with Gasteiger partial charge in [0.2, 0.25) is 0 Å². The van der Waals surface area contributed by atoms with Crippen molar-refractivity contribution in [3.63, 3.8) is 0 Å². The van der Waals surface area contributed by atoms with Gasteiger partial charge >= 0.3 is 0 Å². The first-order valence-electron chi connectivity index (χ1n) is 10.5. The average molecular weight is 550 g/mol. The third kappa shape index (κ3) is 6.62. The smallest absolute Gasteiger partial charge is 0.191 e. The molecule has 0 spiro atoms. The first kappa shape index (κ1) is 25.5. The van der Waals surface area contributed by atoms with Crippen molar-refractivity contribution >= 4 is 29.9 Å². The fraction of sp³-hybridized carbons (Fsp3) is 0.333. The summed E-state index contributed by atoms with van der Waals surface area (Å²) >= 11 is 0. The molecule has 0 aliphatic heterocycles. The molecule has 2 N–H and O–H groups in total. The summed E-state index contributed by atoms with van der Waals surface area (Å²) in [6.07, 6.45) is 1.66. The van der Waals surface area contributed by atoms with E-state index in [9.17, 15) is 0 Å². The summed E-state index contributed by atoms with van der Waals surface area (Å²) < 4.78 is 16.7. The molecule has 32 heavy (non-hydrogen) atoms. The number of nitrogens with zero attached hydrogens (tertiary/aromatic N) is 2. The van der Waals surface area contributed by atoms with Crippen LogP contribution in [0.3, 0.4) is 0 Å². The number of guanidine groups is 1. The normalized spacial score (nSPS) is 10.9. The number of nitrogens with one attached hydrogen (secondary N) is 2. The second-order valence-electron chi connectivity index (χ2n) is 6.91. The highest BCUT2D eigenvalue weighted by Gasteiger charge is 2.13. The van der Waals surface area contributed by atoms with Gasteiger partial charge in [-0.3, -0.25) is 4.99 Å². The van der Waals surface area contributed by atoms with Crippen LogP contribution < -0.4 is 20.1 Å². The van der Waals surface area contributed by atoms with E-state index < -0.39 is 0 Å². The predicted octanol–water partition coefficient (Wildman–Crippen LogP) is 5.08. The topological polar surface area (TPSA) is 80.9 Å². The lowest BCUT2D eigenvalue weighted by molar-refractivity contribution is 0.379. The van der Waals surface area contributed by atoms with Gasteiger partial charge in [-0.1, -0.05) is 43.3 Å². The SMILES string of the molecule is CCc1noc(CC)c1CNC(=NC)NCc1ccc(Oc2ccccc2OC)cc1.I. The van der Waals surface area contributed by atoms with Crippen LogP contribution in [0.2, 0.25) is 0 Å². The molecule has 1 heterocycles. The number of aromatic nitrogens is 1. The molecule has 0 unspecified atom stereocenters. The summed E-state index contributed by atoms with van der Waals surface area (Å²) in [6, 6.07) is 15.5. The summed E-state index contributed by atoms with van der Waals surface area (Å²) in [7, 11) is 3.39. The van der Waals surface area contributed by atoms with E-state index in [4.69, 9.17) is 14.0 Å². The van der Waals surface area contributed by atoms with Crippen LogP contribution in [0.15, 0.2) is 58.0 Å². The fourth-order valence-electron chi connectivity index (χ4n) is 3.22. The highest BCUT2D eigenvalue weighted by Crippen LogP contribution is 2.30. The Balaban J connectivity index is 0.00000363. The number of hydrogen-bond acceptors (Lipinski definition) is 5. The van der Waals surface area contributed by atoms with Crippen LogP contribution in [0.25, 0.3) is 0 Å². The van der Waals surface area contributed by atoms with Crippen molar-refractivity contribution in [3.05, 3.63) is 71.1 Å². The van der Waals surface area contributed by atoms with Crippen LogP contribution in [0.1, 0.15) is 36.4 Å². The van der Waals surface area contributed by atoms with E-state index in [0.717, 1.165) is 47.1 Å². The molecule has 0 saturated carbocycles. The van der Waals surface area contributed by atoms with Gasteiger partial charge in [0.15, 0.2) is 17.5 Å². The van der Waals surface area contributed by atoms with Crippen molar-refractivity contribution in [2.45, 2.75) is 39.8 Å². The molecule has 0 bridgehead atoms. The van der Waals surface area contributed by atoms with E-state index in [0.29, 0.717) is 24.6 Å². The Morgan fingerprint density at radius 3 is 2.28 bits per heavy atom. The number of halogens is 1. The number of hydrogen-bond donors (Lipinski definition) is 2. The number of para-hydroxylation sites is 2. The molecule has 7 nitrogen and oxygen atoms in total. The molecule has 0 fully saturated rings. The molecule has 1 aromatic heterocycles. The summed E-state index contributed by atoms with van der Waals surface area (Å²) in [5, 5.41) is 10.8. The van der Waals surface area contributed by atoms with E-state index in [2.05, 4.69) is 34.6 Å². The van der Waals surface area contributed by atoms with E-state index in [-0.39, 0.29) is 24.0 Å². The third-order valence-electron chi connectivity index (χ3n) is 4.94. The summed E-state index contributed by atoms with van der Waals surface area (Å²) in [5.74, 6) is 3.79. The number of methoxy groups -OCH3 is 1. The summed E-state index contributed by atoms with van der Waals surface area (Å²) in [4.78, 5) is 4.31. The van der Waals surface area contributed by atoms with Gasteiger partial charge in [-0.05, 0) is 36.2 Å². The molecule has 3 rings (SSSR count). The minimum absolute atomic E-state index is 0. The van der Waals surface area contributed by atoms with Gasteiger partial charge < -0.3 is 24.6 Å². The van der Waals surface area contributed by atoms with Gasteiger partial charge in [-0.25, -0.2) is 0 Å². The molecule has 172 valence electrons. The van der Waals surface area contributed by atoms with Crippen LogP contribution in [0, 0.1) is 0 Å². The van der Waals surface area contributed by atoms with Crippen LogP contribution in [-0.4, -0.2) is 25.3 Å². The van der Waals surface area contributed by atoms with E-state index in [1.807, 2.05) is 48.5 Å². The average Bonchev–Trinajstić information content (AvgIpc) is 3.22. The molecular formula is C24H31IN4O3. The van der Waals surface area contributed by atoms with Crippen LogP contribution in [-0.2, 0) is 25.9 Å². The maximum absolute atomic E-state index is 5.93. The van der Waals surface area contributed by atoms with Crippen LogP contribution in [0.4, 0.5) is 0 Å². The summed E-state index contributed by atoms with van der Waals surface area (Å²) in [6.45, 7) is 5.41. The molecular weight excluding hydrogens is 519 g/mol. The predicted molar refractivity (Wildman–Crippen MR) is 137 cm³/mol. The Labute approximate surface area is 206 Å². The van der Waals surface area contributed by atoms with Gasteiger partial charge in [0.1, 0.15) is 11.5 Å². The second kappa shape index (κ2) is 12.9. The van der Waals surface area contributed by atoms with Crippen LogP contribution >= 0.6 is 24.0 Å². The maximum atomic E-state index is 5.93. The molecule has 0 aliphatic carbocycles. The molecule has 8 heteroatoms. The van der Waals surface area contributed by atoms with Crippen molar-refractivity contribution in [2.24, 2.45) is 4.99 Å². The van der Waals surface area contributed by atoms with Crippen molar-refractivity contribution in [1.29, 1.82) is 0 Å². The Bertz CT molecular complexity index is 981. The number of ether oxygens (including phenoxy) is 2. The lowest BCUT2D eigenvalue weighted by atomic mass is 10.1. The van der Waals surface area contributed by atoms with Crippen molar-refractivity contribution in [2.75, 3.05) is 14.2 Å². The zero-order valence-electron chi connectivity index (χ0n) is 19.0. The first-order chi connectivity index (χ1) is 15.2. The Kier molecular flexibility index (Phi) is 10.3. The summed E-state index contributed by atoms with van der Waals surface area (Å²) in [5.41, 5.74) is 3.22. The van der Waals surface area contributed by atoms with Gasteiger partial charge in [-0.2, -0.15) is 0 Å². The van der Waals surface area contributed by atoms with Gasteiger partial charge in [-0.15, -0.1) is 24.0 Å². The number of aliphatic imine (C=N–C) groups is 1. The van der Waals surface area contributed by atoms with Gasteiger partial charge in [0.25, 0.3) is 0 Å². The van der Waals surface area contributed by atoms with Crippen molar-refractivity contribution in [1.82, 2.24) is 15.8 Å². The third-order valence-corrected chi connectivity index (χ3v) is 4.94. The molecule has 2 aromatic carbocycles. The minimum atomic E-state index is 0. The fourth-order valence-corrected chi connectivity index (χ4v) is 3.22. The quantitative estimate of drug-likeness (QED) is 0.220. The van der Waals surface area contributed by atoms with Crippen molar-refractivity contribution in [3.8, 4) is 17.2 Å². The standard InChI is InChI=1S/C24H30N4O3.HI/c1-5-20-19(21(6-2)31-28-20)16-27-24(25-3)26-15-17-11-13-18(14-12-17)30-23-10-8-7-9-22(23)29-4;/h7-14H,5-6,15-16H2,1-4H3,(H2,25,26,27);1H. The minimum Gasteiger partial charge on any atom is -0.493 e. The first-order valence-corrected chi connectivity index (χ1v) is 10.5. The number of benzene rings is 2. The molecule has 0 saturated heterocycles. The largest absolute Gasteiger partial charge is 0.493 e. The number of rotatable bonds is 9. The Morgan fingerprint density at radius 2 is 1.66 bits per heavy atom. The monoisotopic (exact) mass is 550 g/mol. The zero-order chi connectivity index (χ0) is 22.1. The number of aryl methyl sites for hydroxylation is 2. The Hall–Kier alpha value is -2.75. The molecule has 0 amide bonds. The highest BCUT2D eigenvalue weighted by molar-refractivity contribution is 14.0.